The summed E-state index contributed by atoms with van der Waals surface area (Å²) in [5.74, 6) is 0. The van der Waals surface area contributed by atoms with Crippen LogP contribution in [0.25, 0.3) is 0 Å². The monoisotopic (exact) mass is 394 g/mol. The Kier molecular flexibility index (Phi) is 22.9. The molecule has 0 amide bonds. The number of allylic oxidation sites excluding steroid dienone is 1. The van der Waals surface area contributed by atoms with Crippen molar-refractivity contribution in [3.8, 4) is 0 Å². The molecule has 0 fully saturated rings. The second kappa shape index (κ2) is 23.0. The van der Waals surface area contributed by atoms with Crippen LogP contribution < -0.4 is 0 Å². The largest absolute Gasteiger partial charge is 0.330 e. The number of rotatable bonds is 21. The second-order valence-electron chi connectivity index (χ2n) is 6.44. The van der Waals surface area contributed by atoms with E-state index in [-0.39, 0.29) is 15.1 Å². The van der Waals surface area contributed by atoms with E-state index in [0.717, 1.165) is 32.1 Å². The summed E-state index contributed by atoms with van der Waals surface area (Å²) < 4.78 is 10.0. The van der Waals surface area contributed by atoms with E-state index in [2.05, 4.69) is 33.7 Å². The fourth-order valence-corrected chi connectivity index (χ4v) is 3.13. The Morgan fingerprint density at radius 2 is 1.65 bits per heavy atom. The van der Waals surface area contributed by atoms with E-state index in [4.69, 9.17) is 14.7 Å². The molecule has 6 nitrogen and oxygen atoms in total. The highest BCUT2D eigenvalue weighted by Crippen LogP contribution is 2.23. The van der Waals surface area contributed by atoms with Gasteiger partial charge >= 0.3 is 0 Å². The molecule has 1 N–H and O–H groups in total. The molecule has 2 atom stereocenters. The first-order valence-corrected chi connectivity index (χ1v) is 10.8. The van der Waals surface area contributed by atoms with Gasteiger partial charge in [0, 0.05) is 0 Å². The van der Waals surface area contributed by atoms with Crippen LogP contribution in [0.5, 0.6) is 0 Å². The summed E-state index contributed by atoms with van der Waals surface area (Å²) >= 11 is 0. The van der Waals surface area contributed by atoms with Crippen molar-refractivity contribution >= 4 is 9.03 Å². The molecule has 0 spiro atoms. The van der Waals surface area contributed by atoms with Gasteiger partial charge in [0.15, 0.2) is 9.03 Å². The predicted octanol–water partition coefficient (Wildman–Crippen LogP) is 6.53. The van der Waals surface area contributed by atoms with Crippen molar-refractivity contribution in [2.75, 3.05) is 13.7 Å². The summed E-state index contributed by atoms with van der Waals surface area (Å²) in [5, 5.41) is 11.8. The van der Waals surface area contributed by atoms with E-state index in [1.165, 1.54) is 51.4 Å². The third-order valence-corrected chi connectivity index (χ3v) is 4.77. The average Bonchev–Trinajstić information content (AvgIpc) is 2.65. The number of hydrogen-bond acceptors (Lipinski definition) is 6. The molecular weight excluding hydrogens is 355 g/mol. The van der Waals surface area contributed by atoms with Gasteiger partial charge in [0.2, 0.25) is 0 Å². The van der Waals surface area contributed by atoms with E-state index in [1.807, 2.05) is 0 Å². The highest BCUT2D eigenvalue weighted by molar-refractivity contribution is 7.26. The summed E-state index contributed by atoms with van der Waals surface area (Å²) in [6.07, 6.45) is 19.8. The van der Waals surface area contributed by atoms with Crippen molar-refractivity contribution in [2.24, 2.45) is 0 Å². The van der Waals surface area contributed by atoms with Gasteiger partial charge in [-0.1, -0.05) is 75.5 Å². The molecule has 7 heteroatoms. The molecular formula is C19H39O6P. The molecule has 0 aliphatic carbocycles. The normalized spacial score (nSPS) is 13.3. The van der Waals surface area contributed by atoms with E-state index in [9.17, 15) is 0 Å². The van der Waals surface area contributed by atoms with Crippen LogP contribution in [0, 0.1) is 0 Å². The Hall–Kier alpha value is -0.0700. The molecule has 2 unspecified atom stereocenters. The van der Waals surface area contributed by atoms with E-state index in [0.29, 0.717) is 6.61 Å². The van der Waals surface area contributed by atoms with Gasteiger partial charge in [-0.2, -0.15) is 4.67 Å². The van der Waals surface area contributed by atoms with Crippen LogP contribution in [0.1, 0.15) is 90.4 Å². The summed E-state index contributed by atoms with van der Waals surface area (Å²) in [4.78, 5) is 9.41. The smallest absolute Gasteiger partial charge is 0.198 e. The van der Waals surface area contributed by atoms with Gasteiger partial charge in [0.05, 0.1) is 19.8 Å². The Morgan fingerprint density at radius 1 is 0.923 bits per heavy atom. The van der Waals surface area contributed by atoms with Crippen molar-refractivity contribution in [1.29, 1.82) is 0 Å². The zero-order chi connectivity index (χ0) is 19.1. The quantitative estimate of drug-likeness (QED) is 0.0785. The van der Waals surface area contributed by atoms with Gasteiger partial charge in [0.1, 0.15) is 0 Å². The van der Waals surface area contributed by atoms with Gasteiger partial charge in [0.25, 0.3) is 0 Å². The maximum absolute atomic E-state index is 8.19. The molecule has 26 heavy (non-hydrogen) atoms. The van der Waals surface area contributed by atoms with Gasteiger partial charge in [-0.25, -0.2) is 15.0 Å². The van der Waals surface area contributed by atoms with Crippen molar-refractivity contribution < 1.29 is 29.3 Å². The highest BCUT2D eigenvalue weighted by Gasteiger charge is 2.08. The van der Waals surface area contributed by atoms with Gasteiger partial charge in [-0.3, -0.25) is 0 Å². The van der Waals surface area contributed by atoms with Crippen LogP contribution in [0.2, 0.25) is 0 Å². The Bertz CT molecular complexity index is 291. The third kappa shape index (κ3) is 20.2. The predicted molar refractivity (Wildman–Crippen MR) is 106 cm³/mol. The fraction of sp³-hybridized carbons (Fsp3) is 0.895. The maximum atomic E-state index is 8.19. The van der Waals surface area contributed by atoms with Crippen molar-refractivity contribution in [3.05, 3.63) is 12.2 Å². The first-order valence-electron chi connectivity index (χ1n) is 10.0. The molecule has 0 heterocycles. The van der Waals surface area contributed by atoms with E-state index < -0.39 is 0 Å². The summed E-state index contributed by atoms with van der Waals surface area (Å²) in [6.45, 7) is 2.90. The minimum atomic E-state index is -0.287. The molecule has 0 aliphatic heterocycles. The fourth-order valence-electron chi connectivity index (χ4n) is 2.71. The van der Waals surface area contributed by atoms with Crippen LogP contribution in [0.15, 0.2) is 12.2 Å². The van der Waals surface area contributed by atoms with Crippen molar-refractivity contribution in [2.45, 2.75) is 96.5 Å². The Morgan fingerprint density at radius 3 is 2.38 bits per heavy atom. The Labute approximate surface area is 161 Å². The van der Waals surface area contributed by atoms with E-state index >= 15 is 0 Å². The molecule has 0 aromatic rings. The first kappa shape index (κ1) is 25.9. The Balaban J connectivity index is 3.62. The zero-order valence-corrected chi connectivity index (χ0v) is 17.6. The second-order valence-corrected chi connectivity index (χ2v) is 7.01. The molecule has 0 aliphatic rings. The van der Waals surface area contributed by atoms with Gasteiger partial charge in [-0.05, 0) is 32.1 Å². The summed E-state index contributed by atoms with van der Waals surface area (Å²) in [5.41, 5.74) is 0. The van der Waals surface area contributed by atoms with Crippen LogP contribution in [-0.4, -0.2) is 25.1 Å². The molecule has 156 valence electrons. The molecule has 0 saturated carbocycles. The number of hydrogen-bond donors (Lipinski definition) is 1. The minimum Gasteiger partial charge on any atom is -0.330 e. The van der Waals surface area contributed by atoms with Gasteiger partial charge < -0.3 is 4.52 Å². The number of unbranched alkanes of at least 4 members (excludes halogenated alkanes) is 9. The SMILES string of the molecule is CCCCCCC(CC=CCCCCCCCCOOC)OPOOO. The topological polar surface area (TPSA) is 66.4 Å². The molecule has 0 radical (unpaired) electrons. The van der Waals surface area contributed by atoms with Crippen LogP contribution in [0.3, 0.4) is 0 Å². The molecule has 0 saturated heterocycles. The van der Waals surface area contributed by atoms with Crippen molar-refractivity contribution in [3.63, 3.8) is 0 Å². The van der Waals surface area contributed by atoms with Crippen LogP contribution >= 0.6 is 9.03 Å². The summed E-state index contributed by atoms with van der Waals surface area (Å²) in [6, 6.07) is 0. The molecule has 0 aromatic heterocycles. The highest BCUT2D eigenvalue weighted by atomic mass is 31.1. The van der Waals surface area contributed by atoms with Crippen molar-refractivity contribution in [1.82, 2.24) is 0 Å². The van der Waals surface area contributed by atoms with Crippen LogP contribution in [-0.2, 0) is 24.0 Å². The minimum absolute atomic E-state index is 0.130. The van der Waals surface area contributed by atoms with Gasteiger partial charge in [-0.15, -0.1) is 0 Å². The molecule has 0 aromatic carbocycles. The lowest BCUT2D eigenvalue weighted by molar-refractivity contribution is -0.438. The summed E-state index contributed by atoms with van der Waals surface area (Å²) in [7, 11) is 1.26. The average molecular weight is 394 g/mol. The molecule has 0 bridgehead atoms. The lowest BCUT2D eigenvalue weighted by Crippen LogP contribution is -2.07. The molecule has 0 rings (SSSR count). The lowest BCUT2D eigenvalue weighted by atomic mass is 10.1. The standard InChI is InChI=1S/C19H39O6P/c1-3-4-5-13-16-19(23-26-25-24-20)17-14-11-9-7-6-8-10-12-15-18-22-21-2/h11,14,19-20,26H,3-10,12-13,15-18H2,1-2H3. The third-order valence-electron chi connectivity index (χ3n) is 4.20. The first-order chi connectivity index (χ1) is 12.8. The van der Waals surface area contributed by atoms with E-state index in [1.54, 1.807) is 7.11 Å². The lowest BCUT2D eigenvalue weighted by Gasteiger charge is -2.14. The van der Waals surface area contributed by atoms with Crippen LogP contribution in [0.4, 0.5) is 0 Å². The maximum Gasteiger partial charge on any atom is 0.198 e. The zero-order valence-electron chi connectivity index (χ0n) is 16.6.